The fourth-order valence-electron chi connectivity index (χ4n) is 6.64. The number of carbonyl (C=O) groups is 3. The quantitative estimate of drug-likeness (QED) is 0.241. The first-order valence-corrected chi connectivity index (χ1v) is 13.6. The number of fused-ring (bicyclic) bond motifs is 2. The van der Waals surface area contributed by atoms with Crippen molar-refractivity contribution in [2.45, 2.75) is 104 Å². The largest absolute Gasteiger partial charge is 0.455 e. The average molecular weight is 515 g/mol. The molecule has 2 saturated carbocycles. The second-order valence-electron chi connectivity index (χ2n) is 12.2. The van der Waals surface area contributed by atoms with E-state index in [2.05, 4.69) is 20.8 Å². The molecule has 0 radical (unpaired) electrons. The maximum absolute atomic E-state index is 13.9. The summed E-state index contributed by atoms with van der Waals surface area (Å²) in [5, 5.41) is 11.1. The number of allylic oxidation sites excluding steroid dienone is 1. The third-order valence-corrected chi connectivity index (χ3v) is 9.05. The first kappa shape index (κ1) is 27.8. The molecule has 9 unspecified atom stereocenters. The van der Waals surface area contributed by atoms with Gasteiger partial charge in [-0.3, -0.25) is 9.59 Å². The molecule has 4 rings (SSSR count). The van der Waals surface area contributed by atoms with Crippen molar-refractivity contribution < 1.29 is 33.7 Å². The highest BCUT2D eigenvalue weighted by Crippen LogP contribution is 2.62. The highest BCUT2D eigenvalue weighted by molar-refractivity contribution is 6.03. The van der Waals surface area contributed by atoms with E-state index in [1.54, 1.807) is 19.1 Å². The number of ether oxygens (including phenoxy) is 3. The number of aliphatic hydroxyl groups excluding tert-OH is 1. The Kier molecular flexibility index (Phi) is 7.61. The van der Waals surface area contributed by atoms with Crippen molar-refractivity contribution in [1.82, 2.24) is 0 Å². The Hall–Kier alpha value is -2.25. The number of rotatable bonds is 6. The average Bonchev–Trinajstić information content (AvgIpc) is 3.65. The highest BCUT2D eigenvalue weighted by Gasteiger charge is 2.61. The van der Waals surface area contributed by atoms with Crippen LogP contribution in [0.5, 0.6) is 0 Å². The standard InChI is InChI=1S/C30H42O7/c1-8-9-23-24(35-23)10-11-26(32)36-25-14-21-20(29(21,6)7)13-17(3)28(34)30(37-19(5)31)15-18(4)27(33)22(30)12-16(25)2/h10-13,18,20-25,27,33H,8-9,14-15H2,1-7H3. The molecule has 1 heterocycles. The van der Waals surface area contributed by atoms with Crippen LogP contribution in [0.4, 0.5) is 0 Å². The Morgan fingerprint density at radius 1 is 1.22 bits per heavy atom. The van der Waals surface area contributed by atoms with Gasteiger partial charge in [0.15, 0.2) is 5.60 Å². The molecule has 204 valence electrons. The van der Waals surface area contributed by atoms with Crippen molar-refractivity contribution in [3.63, 3.8) is 0 Å². The van der Waals surface area contributed by atoms with E-state index < -0.39 is 35.7 Å². The summed E-state index contributed by atoms with van der Waals surface area (Å²) >= 11 is 0. The normalized spacial score (nSPS) is 40.6. The monoisotopic (exact) mass is 514 g/mol. The van der Waals surface area contributed by atoms with Gasteiger partial charge in [-0.15, -0.1) is 0 Å². The lowest BCUT2D eigenvalue weighted by molar-refractivity contribution is -0.168. The zero-order valence-electron chi connectivity index (χ0n) is 23.2. The van der Waals surface area contributed by atoms with E-state index >= 15 is 0 Å². The molecule has 37 heavy (non-hydrogen) atoms. The SMILES string of the molecule is CCCC1OC1C=CC(=O)OC1CC2C(C=C(C)C(=O)C3(OC(C)=O)CC(C)C(O)C3C=C1C)C2(C)C. The summed E-state index contributed by atoms with van der Waals surface area (Å²) < 4.78 is 17.3. The summed E-state index contributed by atoms with van der Waals surface area (Å²) in [6, 6.07) is 0. The maximum Gasteiger partial charge on any atom is 0.331 e. The second-order valence-corrected chi connectivity index (χ2v) is 12.2. The molecule has 1 aliphatic heterocycles. The lowest BCUT2D eigenvalue weighted by Gasteiger charge is -2.34. The van der Waals surface area contributed by atoms with Gasteiger partial charge in [-0.2, -0.15) is 0 Å². The van der Waals surface area contributed by atoms with Gasteiger partial charge in [-0.1, -0.05) is 46.3 Å². The van der Waals surface area contributed by atoms with E-state index in [1.165, 1.54) is 13.0 Å². The molecule has 1 saturated heterocycles. The van der Waals surface area contributed by atoms with Crippen LogP contribution in [-0.2, 0) is 28.6 Å². The Bertz CT molecular complexity index is 1040. The van der Waals surface area contributed by atoms with Crippen molar-refractivity contribution in [3.8, 4) is 0 Å². The molecule has 9 atom stereocenters. The maximum atomic E-state index is 13.9. The smallest absolute Gasteiger partial charge is 0.331 e. The number of epoxide rings is 1. The Balaban J connectivity index is 1.68. The minimum atomic E-state index is -1.49. The fraction of sp³-hybridized carbons (Fsp3) is 0.700. The third kappa shape index (κ3) is 5.35. The number of hydrogen-bond donors (Lipinski definition) is 1. The number of esters is 2. The second kappa shape index (κ2) is 10.1. The van der Waals surface area contributed by atoms with Crippen LogP contribution in [0.2, 0.25) is 0 Å². The predicted molar refractivity (Wildman–Crippen MR) is 138 cm³/mol. The van der Waals surface area contributed by atoms with E-state index in [9.17, 15) is 19.5 Å². The molecule has 7 nitrogen and oxygen atoms in total. The number of aliphatic hydroxyl groups is 1. The van der Waals surface area contributed by atoms with Crippen LogP contribution in [0.1, 0.15) is 74.1 Å². The summed E-state index contributed by atoms with van der Waals surface area (Å²) in [6.45, 7) is 13.2. The zero-order valence-corrected chi connectivity index (χ0v) is 23.2. The Morgan fingerprint density at radius 2 is 1.92 bits per heavy atom. The molecule has 0 spiro atoms. The van der Waals surface area contributed by atoms with E-state index in [1.807, 2.05) is 19.9 Å². The molecule has 1 N–H and O–H groups in total. The number of ketones is 1. The molecular weight excluding hydrogens is 472 g/mol. The van der Waals surface area contributed by atoms with Crippen LogP contribution in [0.25, 0.3) is 0 Å². The van der Waals surface area contributed by atoms with Crippen molar-refractivity contribution >= 4 is 17.7 Å². The summed E-state index contributed by atoms with van der Waals surface area (Å²) in [7, 11) is 0. The van der Waals surface area contributed by atoms with Gasteiger partial charge in [0.25, 0.3) is 0 Å². The Morgan fingerprint density at radius 3 is 2.57 bits per heavy atom. The van der Waals surface area contributed by atoms with Gasteiger partial charge in [0, 0.05) is 19.4 Å². The fourth-order valence-corrected chi connectivity index (χ4v) is 6.64. The van der Waals surface area contributed by atoms with Gasteiger partial charge in [-0.05, 0) is 67.1 Å². The van der Waals surface area contributed by atoms with Crippen LogP contribution in [0.3, 0.4) is 0 Å². The minimum absolute atomic E-state index is 0.0398. The van der Waals surface area contributed by atoms with Gasteiger partial charge in [0.2, 0.25) is 5.78 Å². The van der Waals surface area contributed by atoms with E-state index in [0.29, 0.717) is 12.0 Å². The molecule has 0 aromatic carbocycles. The third-order valence-electron chi connectivity index (χ3n) is 9.05. The molecule has 3 fully saturated rings. The van der Waals surface area contributed by atoms with E-state index in [4.69, 9.17) is 14.2 Å². The Labute approximate surface area is 220 Å². The van der Waals surface area contributed by atoms with Gasteiger partial charge < -0.3 is 19.3 Å². The number of Topliss-reactive ketones (excluding diaryl/α,β-unsaturated/α-hetero) is 1. The molecule has 0 bridgehead atoms. The van der Waals surface area contributed by atoms with Crippen molar-refractivity contribution in [1.29, 1.82) is 0 Å². The molecule has 7 heteroatoms. The summed E-state index contributed by atoms with van der Waals surface area (Å²) in [5.41, 5.74) is -0.259. The first-order chi connectivity index (χ1) is 17.3. The van der Waals surface area contributed by atoms with Crippen molar-refractivity contribution in [3.05, 3.63) is 35.5 Å². The summed E-state index contributed by atoms with van der Waals surface area (Å²) in [6.07, 6.45) is 8.55. The van der Waals surface area contributed by atoms with E-state index in [0.717, 1.165) is 18.4 Å². The molecule has 3 aliphatic carbocycles. The molecule has 4 aliphatic rings. The van der Waals surface area contributed by atoms with Crippen LogP contribution in [0.15, 0.2) is 35.5 Å². The molecule has 0 aromatic heterocycles. The van der Waals surface area contributed by atoms with Gasteiger partial charge in [0.05, 0.1) is 18.1 Å². The summed E-state index contributed by atoms with van der Waals surface area (Å²) in [5.74, 6) is -1.91. The topological polar surface area (TPSA) is 102 Å². The van der Waals surface area contributed by atoms with Gasteiger partial charge in [0.1, 0.15) is 12.2 Å². The van der Waals surface area contributed by atoms with Gasteiger partial charge in [-0.25, -0.2) is 4.79 Å². The molecule has 0 amide bonds. The highest BCUT2D eigenvalue weighted by atomic mass is 16.6. The summed E-state index contributed by atoms with van der Waals surface area (Å²) in [4.78, 5) is 38.9. The van der Waals surface area contributed by atoms with Gasteiger partial charge >= 0.3 is 11.9 Å². The lowest BCUT2D eigenvalue weighted by atomic mass is 9.80. The van der Waals surface area contributed by atoms with Crippen LogP contribution < -0.4 is 0 Å². The van der Waals surface area contributed by atoms with Crippen LogP contribution in [-0.4, -0.2) is 52.8 Å². The molecule has 0 aromatic rings. The van der Waals surface area contributed by atoms with Crippen LogP contribution in [0, 0.1) is 29.1 Å². The first-order valence-electron chi connectivity index (χ1n) is 13.6. The van der Waals surface area contributed by atoms with Crippen LogP contribution >= 0.6 is 0 Å². The number of carbonyl (C=O) groups excluding carboxylic acids is 3. The van der Waals surface area contributed by atoms with Crippen molar-refractivity contribution in [2.24, 2.45) is 29.1 Å². The van der Waals surface area contributed by atoms with Crippen molar-refractivity contribution in [2.75, 3.05) is 0 Å². The lowest BCUT2D eigenvalue weighted by Crippen LogP contribution is -2.48. The molecular formula is C30H42O7. The number of hydrogen-bond acceptors (Lipinski definition) is 7. The minimum Gasteiger partial charge on any atom is -0.455 e. The van der Waals surface area contributed by atoms with E-state index in [-0.39, 0.29) is 47.6 Å². The predicted octanol–water partition coefficient (Wildman–Crippen LogP) is 4.48. The zero-order chi connectivity index (χ0) is 27.3.